The third-order valence-corrected chi connectivity index (χ3v) is 5.14. The second-order valence-corrected chi connectivity index (χ2v) is 7.08. The summed E-state index contributed by atoms with van der Waals surface area (Å²) in [6, 6.07) is 9.77. The van der Waals surface area contributed by atoms with Crippen molar-refractivity contribution in [1.82, 2.24) is 24.5 Å². The number of nitrogens with zero attached hydrogens (tertiary/aromatic N) is 5. The molecule has 3 aromatic rings. The van der Waals surface area contributed by atoms with Gasteiger partial charge in [0, 0.05) is 38.4 Å². The van der Waals surface area contributed by atoms with E-state index in [-0.39, 0.29) is 19.1 Å². The average Bonchev–Trinajstić information content (AvgIpc) is 3.14. The highest BCUT2D eigenvalue weighted by Gasteiger charge is 2.23. The van der Waals surface area contributed by atoms with Gasteiger partial charge in [-0.1, -0.05) is 24.3 Å². The van der Waals surface area contributed by atoms with Crippen LogP contribution in [0.3, 0.4) is 0 Å². The van der Waals surface area contributed by atoms with Gasteiger partial charge in [0.05, 0.1) is 18.0 Å². The van der Waals surface area contributed by atoms with Gasteiger partial charge in [0.1, 0.15) is 5.69 Å². The number of aliphatic hydroxyl groups is 1. The summed E-state index contributed by atoms with van der Waals surface area (Å²) in [6.45, 7) is 6.56. The monoisotopic (exact) mass is 381 g/mol. The molecule has 7 heteroatoms. The van der Waals surface area contributed by atoms with Gasteiger partial charge in [-0.15, -0.1) is 0 Å². The second-order valence-electron chi connectivity index (χ2n) is 7.08. The molecule has 1 aromatic carbocycles. The maximum absolute atomic E-state index is 13.2. The smallest absolute Gasteiger partial charge is 0.272 e. The predicted octanol–water partition coefficient (Wildman–Crippen LogP) is 2.38. The molecule has 148 valence electrons. The lowest BCUT2D eigenvalue weighted by Gasteiger charge is -2.22. The van der Waals surface area contributed by atoms with Crippen LogP contribution >= 0.6 is 0 Å². The van der Waals surface area contributed by atoms with Crippen LogP contribution in [0.25, 0.3) is 11.3 Å². The van der Waals surface area contributed by atoms with Gasteiger partial charge in [-0.3, -0.25) is 14.2 Å². The van der Waals surface area contributed by atoms with E-state index in [1.807, 2.05) is 62.8 Å². The van der Waals surface area contributed by atoms with Crippen molar-refractivity contribution in [2.75, 3.05) is 13.2 Å². The van der Waals surface area contributed by atoms with Crippen molar-refractivity contribution in [3.05, 3.63) is 58.5 Å². The van der Waals surface area contributed by atoms with Crippen molar-refractivity contribution in [2.45, 2.75) is 27.3 Å². The van der Waals surface area contributed by atoms with Crippen LogP contribution in [0, 0.1) is 20.8 Å². The summed E-state index contributed by atoms with van der Waals surface area (Å²) in [4.78, 5) is 14.9. The van der Waals surface area contributed by atoms with E-state index < -0.39 is 0 Å². The van der Waals surface area contributed by atoms with Crippen molar-refractivity contribution in [3.8, 4) is 11.3 Å². The van der Waals surface area contributed by atoms with E-state index in [2.05, 4.69) is 10.2 Å². The highest BCUT2D eigenvalue weighted by molar-refractivity contribution is 5.94. The van der Waals surface area contributed by atoms with Crippen LogP contribution < -0.4 is 0 Å². The van der Waals surface area contributed by atoms with Gasteiger partial charge >= 0.3 is 0 Å². The number of carbonyl (C=O) groups excluding carboxylic acids is 1. The quantitative estimate of drug-likeness (QED) is 0.711. The van der Waals surface area contributed by atoms with E-state index in [1.54, 1.807) is 16.6 Å². The number of amides is 1. The number of carbonyl (C=O) groups is 1. The van der Waals surface area contributed by atoms with Crippen LogP contribution in [0.4, 0.5) is 0 Å². The number of aromatic nitrogens is 4. The molecule has 2 aromatic heterocycles. The summed E-state index contributed by atoms with van der Waals surface area (Å²) in [5.41, 5.74) is 6.22. The second kappa shape index (κ2) is 7.98. The fourth-order valence-electron chi connectivity index (χ4n) is 3.46. The first-order valence-corrected chi connectivity index (χ1v) is 9.32. The van der Waals surface area contributed by atoms with Gasteiger partial charge in [0.25, 0.3) is 5.91 Å². The predicted molar refractivity (Wildman–Crippen MR) is 108 cm³/mol. The van der Waals surface area contributed by atoms with E-state index >= 15 is 0 Å². The van der Waals surface area contributed by atoms with Gasteiger partial charge in [0.2, 0.25) is 0 Å². The Labute approximate surface area is 165 Å². The van der Waals surface area contributed by atoms with E-state index in [1.165, 1.54) is 0 Å². The first-order valence-electron chi connectivity index (χ1n) is 9.32. The fraction of sp³-hybridized carbons (Fsp3) is 0.381. The van der Waals surface area contributed by atoms with Crippen LogP contribution in [0.15, 0.2) is 30.3 Å². The number of benzene rings is 1. The Morgan fingerprint density at radius 3 is 2.43 bits per heavy atom. The lowest BCUT2D eigenvalue weighted by Crippen LogP contribution is -2.34. The summed E-state index contributed by atoms with van der Waals surface area (Å²) in [5, 5.41) is 18.5. The minimum absolute atomic E-state index is 0.0941. The number of hydrogen-bond donors (Lipinski definition) is 1. The van der Waals surface area contributed by atoms with Gasteiger partial charge in [-0.05, 0) is 38.0 Å². The molecule has 0 saturated carbocycles. The number of aliphatic hydroxyl groups excluding tert-OH is 1. The zero-order chi connectivity index (χ0) is 20.4. The van der Waals surface area contributed by atoms with E-state index in [9.17, 15) is 9.90 Å². The Bertz CT molecular complexity index is 1000. The fourth-order valence-corrected chi connectivity index (χ4v) is 3.46. The average molecular weight is 381 g/mol. The van der Waals surface area contributed by atoms with Crippen molar-refractivity contribution in [1.29, 1.82) is 0 Å². The van der Waals surface area contributed by atoms with Crippen molar-refractivity contribution in [2.24, 2.45) is 14.1 Å². The van der Waals surface area contributed by atoms with Crippen LogP contribution in [0.2, 0.25) is 0 Å². The molecule has 7 nitrogen and oxygen atoms in total. The molecule has 2 heterocycles. The summed E-state index contributed by atoms with van der Waals surface area (Å²) < 4.78 is 3.42. The van der Waals surface area contributed by atoms with E-state index in [0.717, 1.165) is 33.8 Å². The molecule has 0 unspecified atom stereocenters. The molecule has 0 spiro atoms. The van der Waals surface area contributed by atoms with E-state index in [4.69, 9.17) is 0 Å². The molecule has 0 aliphatic rings. The molecule has 0 bridgehead atoms. The Balaban J connectivity index is 1.94. The van der Waals surface area contributed by atoms with Crippen molar-refractivity contribution >= 4 is 5.91 Å². The molecular formula is C21H27N5O2. The van der Waals surface area contributed by atoms with Gasteiger partial charge in [0.15, 0.2) is 0 Å². The zero-order valence-electron chi connectivity index (χ0n) is 17.1. The Kier molecular flexibility index (Phi) is 5.65. The minimum atomic E-state index is -0.155. The molecule has 0 atom stereocenters. The maximum Gasteiger partial charge on any atom is 0.272 e. The normalized spacial score (nSPS) is 11.1. The molecule has 0 saturated heterocycles. The van der Waals surface area contributed by atoms with Crippen LogP contribution in [0.5, 0.6) is 0 Å². The summed E-state index contributed by atoms with van der Waals surface area (Å²) in [7, 11) is 3.66. The number of aryl methyl sites for hydroxylation is 4. The van der Waals surface area contributed by atoms with Crippen LogP contribution in [-0.2, 0) is 20.6 Å². The van der Waals surface area contributed by atoms with Gasteiger partial charge < -0.3 is 10.0 Å². The first-order chi connectivity index (χ1) is 13.3. The van der Waals surface area contributed by atoms with Crippen LogP contribution in [0.1, 0.15) is 33.0 Å². The maximum atomic E-state index is 13.2. The highest BCUT2D eigenvalue weighted by atomic mass is 16.3. The molecule has 1 N–H and O–H groups in total. The molecule has 0 aliphatic carbocycles. The summed E-state index contributed by atoms with van der Waals surface area (Å²) >= 11 is 0. The Morgan fingerprint density at radius 2 is 1.82 bits per heavy atom. The topological polar surface area (TPSA) is 76.2 Å². The SMILES string of the molecule is Cc1ccccc1CN(CCO)C(=O)c1cc(-c2c(C)nn(C)c2C)nn1C. The zero-order valence-corrected chi connectivity index (χ0v) is 17.1. The molecule has 0 radical (unpaired) electrons. The largest absolute Gasteiger partial charge is 0.395 e. The summed E-state index contributed by atoms with van der Waals surface area (Å²) in [5.74, 6) is -0.155. The molecular weight excluding hydrogens is 354 g/mol. The molecule has 1 amide bonds. The third-order valence-electron chi connectivity index (χ3n) is 5.14. The molecule has 0 aliphatic heterocycles. The molecule has 3 rings (SSSR count). The highest BCUT2D eigenvalue weighted by Crippen LogP contribution is 2.26. The van der Waals surface area contributed by atoms with E-state index in [0.29, 0.717) is 12.2 Å². The van der Waals surface area contributed by atoms with Crippen molar-refractivity contribution in [3.63, 3.8) is 0 Å². The van der Waals surface area contributed by atoms with Crippen LogP contribution in [-0.4, -0.2) is 48.6 Å². The van der Waals surface area contributed by atoms with Crippen molar-refractivity contribution < 1.29 is 9.90 Å². The molecule has 0 fully saturated rings. The Morgan fingerprint density at radius 1 is 1.11 bits per heavy atom. The third kappa shape index (κ3) is 3.71. The Hall–Kier alpha value is -2.93. The standard InChI is InChI=1S/C21H27N5O2/c1-14-8-6-7-9-17(14)13-26(10-11-27)21(28)19-12-18(23-25(19)5)20-15(2)22-24(4)16(20)3/h6-9,12,27H,10-11,13H2,1-5H3. The number of rotatable bonds is 6. The lowest BCUT2D eigenvalue weighted by molar-refractivity contribution is 0.0696. The summed E-state index contributed by atoms with van der Waals surface area (Å²) in [6.07, 6.45) is 0. The molecule has 28 heavy (non-hydrogen) atoms. The van der Waals surface area contributed by atoms with Gasteiger partial charge in [-0.2, -0.15) is 10.2 Å². The van der Waals surface area contributed by atoms with Gasteiger partial charge in [-0.25, -0.2) is 0 Å². The lowest BCUT2D eigenvalue weighted by atomic mass is 10.1. The first kappa shape index (κ1) is 19.8. The number of hydrogen-bond acceptors (Lipinski definition) is 4. The minimum Gasteiger partial charge on any atom is -0.395 e.